The van der Waals surface area contributed by atoms with Crippen LogP contribution in [-0.4, -0.2) is 34.0 Å². The Hall–Kier alpha value is -3.13. The highest BCUT2D eigenvalue weighted by molar-refractivity contribution is 9.10. The summed E-state index contributed by atoms with van der Waals surface area (Å²) in [5.41, 5.74) is 1.69. The third kappa shape index (κ3) is 8.94. The second kappa shape index (κ2) is 15.0. The number of nitrogens with zero attached hydrogens (tertiary/aromatic N) is 1. The normalized spacial score (nSPS) is 17.6. The molecule has 8 heteroatoms. The lowest BCUT2D eigenvalue weighted by Gasteiger charge is -2.28. The molecule has 43 heavy (non-hydrogen) atoms. The maximum atomic E-state index is 15.2. The fourth-order valence-electron chi connectivity index (χ4n) is 6.27. The summed E-state index contributed by atoms with van der Waals surface area (Å²) >= 11 is 3.46. The topological polar surface area (TPSA) is 68.2 Å². The summed E-state index contributed by atoms with van der Waals surface area (Å²) in [6.45, 7) is 5.35. The Balaban J connectivity index is 1.45. The van der Waals surface area contributed by atoms with Gasteiger partial charge in [0.05, 0.1) is 18.2 Å². The van der Waals surface area contributed by atoms with E-state index in [2.05, 4.69) is 27.8 Å². The van der Waals surface area contributed by atoms with Gasteiger partial charge in [-0.3, -0.25) is 14.4 Å². The quantitative estimate of drug-likeness (QED) is 0.158. The standard InChI is InChI=1S/C35H41BrF2N2O3/c1-3-18-35(37,38)33(20-24-8-6-5-7-9-24)39-34(43)31-23-40(32-17-14-27(36)21-30(31)32)22-29(42)16-13-26-11-10-25(19-26)12-15-28(41)4-2/h4-9,14,17,21,23,25-26,33H,2-3,10-13,15-16,18-20,22H2,1H3,(H,39,43). The zero-order chi connectivity index (χ0) is 31.0. The highest BCUT2D eigenvalue weighted by atomic mass is 79.9. The first-order valence-corrected chi connectivity index (χ1v) is 16.1. The number of alkyl halides is 2. The smallest absolute Gasteiger partial charge is 0.268 e. The van der Waals surface area contributed by atoms with Gasteiger partial charge in [-0.2, -0.15) is 0 Å². The molecule has 1 N–H and O–H groups in total. The second-order valence-corrected chi connectivity index (χ2v) is 12.8. The molecule has 1 amide bonds. The Bertz CT molecular complexity index is 1440. The van der Waals surface area contributed by atoms with Gasteiger partial charge < -0.3 is 9.88 Å². The molecule has 0 saturated heterocycles. The minimum atomic E-state index is -3.09. The lowest BCUT2D eigenvalue weighted by atomic mass is 9.95. The van der Waals surface area contributed by atoms with Crippen molar-refractivity contribution in [1.29, 1.82) is 0 Å². The van der Waals surface area contributed by atoms with Gasteiger partial charge in [0.25, 0.3) is 11.8 Å². The van der Waals surface area contributed by atoms with E-state index in [-0.39, 0.29) is 36.5 Å². The molecule has 0 bridgehead atoms. The molecule has 1 fully saturated rings. The summed E-state index contributed by atoms with van der Waals surface area (Å²) in [6, 6.07) is 13.1. The van der Waals surface area contributed by atoms with E-state index in [0.717, 1.165) is 42.1 Å². The van der Waals surface area contributed by atoms with Gasteiger partial charge in [0.1, 0.15) is 0 Å². The fraction of sp³-hybridized carbons (Fsp3) is 0.457. The van der Waals surface area contributed by atoms with Crippen molar-refractivity contribution in [2.75, 3.05) is 0 Å². The van der Waals surface area contributed by atoms with E-state index in [0.29, 0.717) is 42.0 Å². The molecule has 0 aliphatic heterocycles. The number of halogens is 3. The summed E-state index contributed by atoms with van der Waals surface area (Å²) in [6.07, 6.45) is 8.80. The summed E-state index contributed by atoms with van der Waals surface area (Å²) < 4.78 is 33.0. The predicted molar refractivity (Wildman–Crippen MR) is 170 cm³/mol. The van der Waals surface area contributed by atoms with Crippen molar-refractivity contribution >= 4 is 44.3 Å². The largest absolute Gasteiger partial charge is 0.343 e. The number of Topliss-reactive ketones (excluding diaryl/α,β-unsaturated/α-hetero) is 1. The van der Waals surface area contributed by atoms with Crippen LogP contribution in [0.25, 0.3) is 10.9 Å². The van der Waals surface area contributed by atoms with E-state index in [9.17, 15) is 14.4 Å². The van der Waals surface area contributed by atoms with Crippen molar-refractivity contribution in [2.45, 2.75) is 89.6 Å². The number of hydrogen-bond acceptors (Lipinski definition) is 3. The summed E-state index contributed by atoms with van der Waals surface area (Å²) in [5.74, 6) is -2.54. The third-order valence-corrected chi connectivity index (χ3v) is 9.12. The molecule has 1 aromatic heterocycles. The van der Waals surface area contributed by atoms with Gasteiger partial charge in [-0.15, -0.1) is 0 Å². The molecule has 4 rings (SSSR count). The highest BCUT2D eigenvalue weighted by Crippen LogP contribution is 2.36. The summed E-state index contributed by atoms with van der Waals surface area (Å²) in [4.78, 5) is 38.2. The van der Waals surface area contributed by atoms with Crippen LogP contribution in [0.15, 0.2) is 71.9 Å². The van der Waals surface area contributed by atoms with Crippen LogP contribution in [0.3, 0.4) is 0 Å². The predicted octanol–water partition coefficient (Wildman–Crippen LogP) is 8.48. The third-order valence-electron chi connectivity index (χ3n) is 8.62. The van der Waals surface area contributed by atoms with Crippen molar-refractivity contribution < 1.29 is 23.2 Å². The van der Waals surface area contributed by atoms with E-state index in [1.54, 1.807) is 48.0 Å². The van der Waals surface area contributed by atoms with Crippen molar-refractivity contribution in [3.8, 4) is 0 Å². The van der Waals surface area contributed by atoms with Crippen LogP contribution in [0, 0.1) is 11.8 Å². The van der Waals surface area contributed by atoms with Gasteiger partial charge in [0.15, 0.2) is 11.6 Å². The zero-order valence-electron chi connectivity index (χ0n) is 24.8. The van der Waals surface area contributed by atoms with E-state index >= 15 is 8.78 Å². The SMILES string of the molecule is C=CC(=O)CCC1CCC(CCC(=O)Cn2cc(C(=O)NC(Cc3ccccc3)C(F)(F)CCC)c3cc(Br)ccc32)C1. The molecular formula is C35H41BrF2N2O3. The van der Waals surface area contributed by atoms with Crippen LogP contribution < -0.4 is 5.32 Å². The molecule has 3 atom stereocenters. The molecule has 1 aliphatic carbocycles. The average Bonchev–Trinajstić information content (AvgIpc) is 3.59. The van der Waals surface area contributed by atoms with Crippen molar-refractivity contribution in [3.05, 3.63) is 83.0 Å². The van der Waals surface area contributed by atoms with E-state index < -0.39 is 17.9 Å². The number of allylic oxidation sites excluding steroid dienone is 1. The Morgan fingerprint density at radius 3 is 2.47 bits per heavy atom. The molecule has 0 spiro atoms. The van der Waals surface area contributed by atoms with Gasteiger partial charge in [-0.25, -0.2) is 8.78 Å². The molecule has 3 aromatic rings. The van der Waals surface area contributed by atoms with Crippen LogP contribution in [0.4, 0.5) is 8.78 Å². The number of hydrogen-bond donors (Lipinski definition) is 1. The van der Waals surface area contributed by atoms with Crippen molar-refractivity contribution in [1.82, 2.24) is 9.88 Å². The number of rotatable bonds is 16. The van der Waals surface area contributed by atoms with Crippen LogP contribution in [0.5, 0.6) is 0 Å². The molecule has 3 unspecified atom stereocenters. The fourth-order valence-corrected chi connectivity index (χ4v) is 6.63. The lowest BCUT2D eigenvalue weighted by Crippen LogP contribution is -2.49. The maximum absolute atomic E-state index is 15.2. The maximum Gasteiger partial charge on any atom is 0.268 e. The molecule has 5 nitrogen and oxygen atoms in total. The van der Waals surface area contributed by atoms with Gasteiger partial charge in [-0.05, 0) is 67.4 Å². The molecule has 230 valence electrons. The van der Waals surface area contributed by atoms with Crippen LogP contribution in [0.2, 0.25) is 0 Å². The Morgan fingerprint density at radius 1 is 1.09 bits per heavy atom. The van der Waals surface area contributed by atoms with Gasteiger partial charge in [-0.1, -0.05) is 79.0 Å². The molecule has 1 heterocycles. The molecule has 2 aromatic carbocycles. The summed E-state index contributed by atoms with van der Waals surface area (Å²) in [5, 5.41) is 3.24. The number of benzene rings is 2. The zero-order valence-corrected chi connectivity index (χ0v) is 26.4. The van der Waals surface area contributed by atoms with E-state index in [4.69, 9.17) is 0 Å². The molecule has 1 saturated carbocycles. The van der Waals surface area contributed by atoms with Crippen molar-refractivity contribution in [3.63, 3.8) is 0 Å². The number of fused-ring (bicyclic) bond motifs is 1. The first-order chi connectivity index (χ1) is 20.6. The molecule has 1 aliphatic rings. The number of aromatic nitrogens is 1. The van der Waals surface area contributed by atoms with Gasteiger partial charge in [0, 0.05) is 40.8 Å². The first-order valence-electron chi connectivity index (χ1n) is 15.3. The first kappa shape index (κ1) is 32.8. The monoisotopic (exact) mass is 654 g/mol. The Labute approximate surface area is 261 Å². The summed E-state index contributed by atoms with van der Waals surface area (Å²) in [7, 11) is 0. The molecular weight excluding hydrogens is 614 g/mol. The lowest BCUT2D eigenvalue weighted by molar-refractivity contribution is -0.119. The number of amides is 1. The van der Waals surface area contributed by atoms with Gasteiger partial charge in [0.2, 0.25) is 0 Å². The molecule has 0 radical (unpaired) electrons. The van der Waals surface area contributed by atoms with Crippen LogP contribution in [-0.2, 0) is 22.6 Å². The highest BCUT2D eigenvalue weighted by Gasteiger charge is 2.40. The van der Waals surface area contributed by atoms with Crippen LogP contribution >= 0.6 is 15.9 Å². The number of nitrogens with one attached hydrogen (secondary N) is 1. The van der Waals surface area contributed by atoms with Crippen molar-refractivity contribution in [2.24, 2.45) is 11.8 Å². The minimum Gasteiger partial charge on any atom is -0.343 e. The van der Waals surface area contributed by atoms with Crippen LogP contribution in [0.1, 0.15) is 80.6 Å². The van der Waals surface area contributed by atoms with E-state index in [1.807, 2.05) is 18.2 Å². The van der Waals surface area contributed by atoms with Gasteiger partial charge >= 0.3 is 0 Å². The average molecular weight is 656 g/mol. The second-order valence-electron chi connectivity index (χ2n) is 11.9. The number of ketones is 2. The Kier molecular flexibility index (Phi) is 11.5. The minimum absolute atomic E-state index is 0.00693. The van der Waals surface area contributed by atoms with E-state index in [1.165, 1.54) is 6.08 Å². The number of carbonyl (C=O) groups is 3. The Morgan fingerprint density at radius 2 is 1.79 bits per heavy atom. The number of carbonyl (C=O) groups excluding carboxylic acids is 3.